The SMILES string of the molecule is CCNC(=NCc1ccc(OC)c(C)c1)NC(C)(C)C. The van der Waals surface area contributed by atoms with E-state index in [4.69, 9.17) is 4.74 Å². The summed E-state index contributed by atoms with van der Waals surface area (Å²) in [6.07, 6.45) is 0. The molecule has 0 aliphatic rings. The van der Waals surface area contributed by atoms with E-state index in [1.807, 2.05) is 13.0 Å². The van der Waals surface area contributed by atoms with Gasteiger partial charge in [0.2, 0.25) is 0 Å². The van der Waals surface area contributed by atoms with E-state index in [-0.39, 0.29) is 5.54 Å². The molecule has 0 radical (unpaired) electrons. The number of aliphatic imine (C=N–C) groups is 1. The Bertz CT molecular complexity index is 461. The van der Waals surface area contributed by atoms with Crippen molar-refractivity contribution in [3.05, 3.63) is 29.3 Å². The minimum Gasteiger partial charge on any atom is -0.496 e. The first kappa shape index (κ1) is 16.3. The molecular weight excluding hydrogens is 250 g/mol. The quantitative estimate of drug-likeness (QED) is 0.657. The third-order valence-corrected chi connectivity index (χ3v) is 2.72. The summed E-state index contributed by atoms with van der Waals surface area (Å²) in [5, 5.41) is 6.64. The van der Waals surface area contributed by atoms with E-state index in [0.29, 0.717) is 6.54 Å². The predicted octanol–water partition coefficient (Wildman–Crippen LogP) is 2.86. The van der Waals surface area contributed by atoms with Gasteiger partial charge in [0.25, 0.3) is 0 Å². The highest BCUT2D eigenvalue weighted by atomic mass is 16.5. The van der Waals surface area contributed by atoms with Crippen LogP contribution in [0.3, 0.4) is 0 Å². The molecule has 0 aliphatic carbocycles. The second kappa shape index (κ2) is 7.17. The Morgan fingerprint density at radius 3 is 2.50 bits per heavy atom. The monoisotopic (exact) mass is 277 g/mol. The highest BCUT2D eigenvalue weighted by molar-refractivity contribution is 5.80. The molecule has 0 bridgehead atoms. The molecule has 1 aromatic rings. The Labute approximate surface area is 122 Å². The van der Waals surface area contributed by atoms with Gasteiger partial charge < -0.3 is 15.4 Å². The van der Waals surface area contributed by atoms with Crippen LogP contribution in [-0.4, -0.2) is 25.2 Å². The average Bonchev–Trinajstić information content (AvgIpc) is 2.34. The lowest BCUT2D eigenvalue weighted by molar-refractivity contribution is 0.411. The molecule has 0 aliphatic heterocycles. The lowest BCUT2D eigenvalue weighted by Crippen LogP contribution is -2.47. The zero-order valence-electron chi connectivity index (χ0n) is 13.5. The average molecular weight is 277 g/mol. The van der Waals surface area contributed by atoms with Crippen molar-refractivity contribution in [2.24, 2.45) is 4.99 Å². The number of guanidine groups is 1. The number of hydrogen-bond acceptors (Lipinski definition) is 2. The maximum atomic E-state index is 5.27. The second-order valence-corrected chi connectivity index (χ2v) is 5.87. The van der Waals surface area contributed by atoms with Crippen molar-refractivity contribution in [2.45, 2.75) is 46.7 Å². The highest BCUT2D eigenvalue weighted by Gasteiger charge is 2.11. The molecule has 0 aromatic heterocycles. The van der Waals surface area contributed by atoms with Crippen molar-refractivity contribution in [3.8, 4) is 5.75 Å². The number of nitrogens with one attached hydrogen (secondary N) is 2. The van der Waals surface area contributed by atoms with E-state index >= 15 is 0 Å². The molecule has 1 aromatic carbocycles. The lowest BCUT2D eigenvalue weighted by Gasteiger charge is -2.23. The summed E-state index contributed by atoms with van der Waals surface area (Å²) in [5.41, 5.74) is 2.31. The summed E-state index contributed by atoms with van der Waals surface area (Å²) < 4.78 is 5.27. The molecule has 112 valence electrons. The van der Waals surface area contributed by atoms with E-state index in [2.05, 4.69) is 55.5 Å². The van der Waals surface area contributed by atoms with Crippen molar-refractivity contribution in [1.82, 2.24) is 10.6 Å². The van der Waals surface area contributed by atoms with Crippen molar-refractivity contribution in [2.75, 3.05) is 13.7 Å². The first-order chi connectivity index (χ1) is 9.35. The molecule has 2 N–H and O–H groups in total. The van der Waals surface area contributed by atoms with Crippen molar-refractivity contribution in [3.63, 3.8) is 0 Å². The maximum Gasteiger partial charge on any atom is 0.191 e. The van der Waals surface area contributed by atoms with E-state index in [9.17, 15) is 0 Å². The van der Waals surface area contributed by atoms with Gasteiger partial charge in [-0.1, -0.05) is 12.1 Å². The molecule has 1 rings (SSSR count). The fourth-order valence-electron chi connectivity index (χ4n) is 1.87. The molecule has 0 spiro atoms. The van der Waals surface area contributed by atoms with E-state index in [0.717, 1.165) is 23.8 Å². The molecule has 0 heterocycles. The van der Waals surface area contributed by atoms with Gasteiger partial charge in [-0.2, -0.15) is 0 Å². The van der Waals surface area contributed by atoms with Crippen LogP contribution in [0.4, 0.5) is 0 Å². The van der Waals surface area contributed by atoms with Gasteiger partial charge in [-0.25, -0.2) is 4.99 Å². The lowest BCUT2D eigenvalue weighted by atomic mass is 10.1. The molecule has 4 heteroatoms. The molecule has 0 unspecified atom stereocenters. The Balaban J connectivity index is 2.78. The molecule has 4 nitrogen and oxygen atoms in total. The van der Waals surface area contributed by atoms with Crippen LogP contribution >= 0.6 is 0 Å². The van der Waals surface area contributed by atoms with Gasteiger partial charge in [-0.3, -0.25) is 0 Å². The third kappa shape index (κ3) is 5.51. The number of methoxy groups -OCH3 is 1. The van der Waals surface area contributed by atoms with Gasteiger partial charge in [0.05, 0.1) is 13.7 Å². The van der Waals surface area contributed by atoms with E-state index in [1.54, 1.807) is 7.11 Å². The fourth-order valence-corrected chi connectivity index (χ4v) is 1.87. The number of hydrogen-bond donors (Lipinski definition) is 2. The summed E-state index contributed by atoms with van der Waals surface area (Å²) in [5.74, 6) is 1.76. The first-order valence-corrected chi connectivity index (χ1v) is 7.05. The van der Waals surface area contributed by atoms with Gasteiger partial charge in [0, 0.05) is 12.1 Å². The van der Waals surface area contributed by atoms with Crippen LogP contribution in [0.25, 0.3) is 0 Å². The number of benzene rings is 1. The van der Waals surface area contributed by atoms with Gasteiger partial charge in [-0.05, 0) is 51.8 Å². The largest absolute Gasteiger partial charge is 0.496 e. The fraction of sp³-hybridized carbons (Fsp3) is 0.562. The van der Waals surface area contributed by atoms with Crippen molar-refractivity contribution < 1.29 is 4.74 Å². The third-order valence-electron chi connectivity index (χ3n) is 2.72. The standard InChI is InChI=1S/C16H27N3O/c1-7-17-15(19-16(3,4)5)18-11-13-8-9-14(20-6)12(2)10-13/h8-10H,7,11H2,1-6H3,(H2,17,18,19). The van der Waals surface area contributed by atoms with Gasteiger partial charge in [0.1, 0.15) is 5.75 Å². The van der Waals surface area contributed by atoms with Crippen LogP contribution in [0.1, 0.15) is 38.8 Å². The minimum atomic E-state index is -0.00315. The van der Waals surface area contributed by atoms with E-state index < -0.39 is 0 Å². The zero-order valence-corrected chi connectivity index (χ0v) is 13.5. The number of aryl methyl sites for hydroxylation is 1. The highest BCUT2D eigenvalue weighted by Crippen LogP contribution is 2.18. The summed E-state index contributed by atoms with van der Waals surface area (Å²) in [6, 6.07) is 6.16. The number of nitrogens with zero attached hydrogens (tertiary/aromatic N) is 1. The van der Waals surface area contributed by atoms with Gasteiger partial charge in [0.15, 0.2) is 5.96 Å². The number of ether oxygens (including phenoxy) is 1. The molecule has 0 saturated carbocycles. The minimum absolute atomic E-state index is 0.00315. The molecule has 0 saturated heterocycles. The van der Waals surface area contributed by atoms with Gasteiger partial charge in [-0.15, -0.1) is 0 Å². The predicted molar refractivity (Wildman–Crippen MR) is 85.4 cm³/mol. The maximum absolute atomic E-state index is 5.27. The Hall–Kier alpha value is -1.71. The Morgan fingerprint density at radius 1 is 1.30 bits per heavy atom. The van der Waals surface area contributed by atoms with Crippen molar-refractivity contribution >= 4 is 5.96 Å². The molecular formula is C16H27N3O. The normalized spacial score (nSPS) is 12.2. The van der Waals surface area contributed by atoms with Crippen LogP contribution in [0, 0.1) is 6.92 Å². The Morgan fingerprint density at radius 2 is 2.00 bits per heavy atom. The number of rotatable bonds is 4. The van der Waals surface area contributed by atoms with Crippen LogP contribution in [0.5, 0.6) is 5.75 Å². The Kier molecular flexibility index (Phi) is 5.86. The van der Waals surface area contributed by atoms with Crippen LogP contribution in [0.15, 0.2) is 23.2 Å². The van der Waals surface area contributed by atoms with E-state index in [1.165, 1.54) is 5.56 Å². The molecule has 20 heavy (non-hydrogen) atoms. The topological polar surface area (TPSA) is 45.7 Å². The molecule has 0 atom stereocenters. The van der Waals surface area contributed by atoms with Crippen LogP contribution < -0.4 is 15.4 Å². The molecule has 0 amide bonds. The van der Waals surface area contributed by atoms with Crippen LogP contribution in [-0.2, 0) is 6.54 Å². The van der Waals surface area contributed by atoms with Crippen molar-refractivity contribution in [1.29, 1.82) is 0 Å². The summed E-state index contributed by atoms with van der Waals surface area (Å²) in [4.78, 5) is 4.62. The van der Waals surface area contributed by atoms with Crippen LogP contribution in [0.2, 0.25) is 0 Å². The summed E-state index contributed by atoms with van der Waals surface area (Å²) in [6.45, 7) is 12.0. The summed E-state index contributed by atoms with van der Waals surface area (Å²) >= 11 is 0. The summed E-state index contributed by atoms with van der Waals surface area (Å²) in [7, 11) is 1.69. The van der Waals surface area contributed by atoms with Gasteiger partial charge >= 0.3 is 0 Å². The second-order valence-electron chi connectivity index (χ2n) is 5.87. The molecule has 0 fully saturated rings. The first-order valence-electron chi connectivity index (χ1n) is 7.05. The zero-order chi connectivity index (χ0) is 15.2. The smallest absolute Gasteiger partial charge is 0.191 e.